The maximum atomic E-state index is 14.0. The molecule has 1 saturated carbocycles. The molecule has 0 N–H and O–H groups in total. The Morgan fingerprint density at radius 2 is 2.03 bits per heavy atom. The number of aromatic nitrogens is 1. The van der Waals surface area contributed by atoms with Gasteiger partial charge in [-0.3, -0.25) is 9.36 Å². The average Bonchev–Trinajstić information content (AvgIpc) is 3.45. The molecule has 1 aliphatic carbocycles. The summed E-state index contributed by atoms with van der Waals surface area (Å²) in [6.07, 6.45) is 3.80. The molecule has 1 aliphatic heterocycles. The first-order valence-corrected chi connectivity index (χ1v) is 10.3. The molecule has 2 aliphatic rings. The zero-order valence-corrected chi connectivity index (χ0v) is 16.4. The summed E-state index contributed by atoms with van der Waals surface area (Å²) < 4.78 is 27.1. The fourth-order valence-corrected chi connectivity index (χ4v) is 4.18. The Morgan fingerprint density at radius 3 is 2.73 bits per heavy atom. The first-order valence-electron chi connectivity index (χ1n) is 10.3. The molecular formula is C24H21FN2O3. The van der Waals surface area contributed by atoms with E-state index in [1.54, 1.807) is 34.9 Å². The summed E-state index contributed by atoms with van der Waals surface area (Å²) in [5.74, 6) is 0.211. The van der Waals surface area contributed by atoms with Crippen molar-refractivity contribution >= 4 is 10.8 Å². The molecule has 0 radical (unpaired) electrons. The lowest BCUT2D eigenvalue weighted by atomic mass is 9.96. The SMILES string of the molecule is N#Cc1c(-c2cccc(F)c2)c2cc(OCC3CCCO3)ccc2c(=O)n1C1CC1. The molecule has 1 unspecified atom stereocenters. The maximum absolute atomic E-state index is 14.0. The molecule has 6 heteroatoms. The third-order valence-corrected chi connectivity index (χ3v) is 5.78. The van der Waals surface area contributed by atoms with Crippen LogP contribution in [0.2, 0.25) is 0 Å². The largest absolute Gasteiger partial charge is 0.491 e. The Kier molecular flexibility index (Phi) is 4.76. The second kappa shape index (κ2) is 7.58. The molecule has 1 atom stereocenters. The van der Waals surface area contributed by atoms with Crippen LogP contribution in [0.3, 0.4) is 0 Å². The number of hydrogen-bond donors (Lipinski definition) is 0. The summed E-state index contributed by atoms with van der Waals surface area (Å²) >= 11 is 0. The number of fused-ring (bicyclic) bond motifs is 1. The van der Waals surface area contributed by atoms with Crippen molar-refractivity contribution in [3.05, 3.63) is 64.3 Å². The fourth-order valence-electron chi connectivity index (χ4n) is 4.18. The predicted molar refractivity (Wildman–Crippen MR) is 111 cm³/mol. The summed E-state index contributed by atoms with van der Waals surface area (Å²) in [6.45, 7) is 1.19. The molecule has 2 heterocycles. The second-order valence-corrected chi connectivity index (χ2v) is 7.91. The van der Waals surface area contributed by atoms with Gasteiger partial charge in [-0.25, -0.2) is 4.39 Å². The molecular weight excluding hydrogens is 383 g/mol. The molecule has 3 aromatic rings. The lowest BCUT2D eigenvalue weighted by molar-refractivity contribution is 0.0680. The van der Waals surface area contributed by atoms with E-state index >= 15 is 0 Å². The van der Waals surface area contributed by atoms with E-state index in [-0.39, 0.29) is 29.2 Å². The molecule has 0 bridgehead atoms. The molecule has 2 fully saturated rings. The van der Waals surface area contributed by atoms with Gasteiger partial charge in [-0.05, 0) is 61.6 Å². The van der Waals surface area contributed by atoms with Crippen molar-refractivity contribution in [2.45, 2.75) is 37.8 Å². The van der Waals surface area contributed by atoms with E-state index in [9.17, 15) is 14.4 Å². The summed E-state index contributed by atoms with van der Waals surface area (Å²) in [5.41, 5.74) is 1.23. The Morgan fingerprint density at radius 1 is 1.17 bits per heavy atom. The number of nitriles is 1. The van der Waals surface area contributed by atoms with Gasteiger partial charge in [0.2, 0.25) is 0 Å². The highest BCUT2D eigenvalue weighted by Crippen LogP contribution is 2.39. The normalized spacial score (nSPS) is 18.5. The van der Waals surface area contributed by atoms with E-state index in [1.807, 2.05) is 0 Å². The van der Waals surface area contributed by atoms with E-state index in [1.165, 1.54) is 12.1 Å². The van der Waals surface area contributed by atoms with Gasteiger partial charge in [-0.2, -0.15) is 5.26 Å². The zero-order valence-electron chi connectivity index (χ0n) is 16.4. The summed E-state index contributed by atoms with van der Waals surface area (Å²) in [5, 5.41) is 11.1. The van der Waals surface area contributed by atoms with E-state index in [2.05, 4.69) is 6.07 Å². The average molecular weight is 404 g/mol. The van der Waals surface area contributed by atoms with Crippen molar-refractivity contribution in [1.82, 2.24) is 4.57 Å². The van der Waals surface area contributed by atoms with Gasteiger partial charge in [0.15, 0.2) is 0 Å². The molecule has 0 amide bonds. The Bertz CT molecular complexity index is 1220. The van der Waals surface area contributed by atoms with Crippen LogP contribution in [0.15, 0.2) is 47.3 Å². The van der Waals surface area contributed by atoms with Gasteiger partial charge in [-0.15, -0.1) is 0 Å². The van der Waals surface area contributed by atoms with Gasteiger partial charge >= 0.3 is 0 Å². The number of hydrogen-bond acceptors (Lipinski definition) is 4. The van der Waals surface area contributed by atoms with Crippen molar-refractivity contribution in [3.63, 3.8) is 0 Å². The molecule has 152 valence electrons. The first kappa shape index (κ1) is 18.8. The molecule has 1 aromatic heterocycles. The van der Waals surface area contributed by atoms with E-state index < -0.39 is 0 Å². The lowest BCUT2D eigenvalue weighted by Crippen LogP contribution is -2.23. The van der Waals surface area contributed by atoms with Crippen molar-refractivity contribution in [2.24, 2.45) is 0 Å². The molecule has 5 nitrogen and oxygen atoms in total. The van der Waals surface area contributed by atoms with Crippen LogP contribution >= 0.6 is 0 Å². The van der Waals surface area contributed by atoms with Gasteiger partial charge in [0.05, 0.1) is 6.10 Å². The minimum Gasteiger partial charge on any atom is -0.491 e. The summed E-state index contributed by atoms with van der Waals surface area (Å²) in [6, 6.07) is 13.7. The van der Waals surface area contributed by atoms with Crippen molar-refractivity contribution in [3.8, 4) is 22.9 Å². The molecule has 1 saturated heterocycles. The van der Waals surface area contributed by atoms with Crippen molar-refractivity contribution < 1.29 is 13.9 Å². The van der Waals surface area contributed by atoms with Crippen molar-refractivity contribution in [2.75, 3.05) is 13.2 Å². The predicted octanol–water partition coefficient (Wildman–Crippen LogP) is 4.57. The highest BCUT2D eigenvalue weighted by molar-refractivity contribution is 5.99. The Labute approximate surface area is 173 Å². The summed E-state index contributed by atoms with van der Waals surface area (Å²) in [7, 11) is 0. The summed E-state index contributed by atoms with van der Waals surface area (Å²) in [4.78, 5) is 13.2. The van der Waals surface area contributed by atoms with Gasteiger partial charge in [0, 0.05) is 29.0 Å². The highest BCUT2D eigenvalue weighted by atomic mass is 19.1. The van der Waals surface area contributed by atoms with Gasteiger partial charge in [0.25, 0.3) is 5.56 Å². The Balaban J connectivity index is 1.70. The number of halogens is 1. The van der Waals surface area contributed by atoms with E-state index in [0.29, 0.717) is 34.3 Å². The minimum atomic E-state index is -0.389. The van der Waals surface area contributed by atoms with Crippen LogP contribution < -0.4 is 10.3 Å². The topological polar surface area (TPSA) is 64.2 Å². The quantitative estimate of drug-likeness (QED) is 0.625. The van der Waals surface area contributed by atoms with Gasteiger partial charge in [-0.1, -0.05) is 12.1 Å². The smallest absolute Gasteiger partial charge is 0.259 e. The first-order chi connectivity index (χ1) is 14.7. The van der Waals surface area contributed by atoms with Crippen molar-refractivity contribution in [1.29, 1.82) is 5.26 Å². The van der Waals surface area contributed by atoms with Gasteiger partial charge < -0.3 is 9.47 Å². The minimum absolute atomic E-state index is 0.0271. The fraction of sp³-hybridized carbons (Fsp3) is 0.333. The van der Waals surface area contributed by atoms with Crippen LogP contribution in [0, 0.1) is 17.1 Å². The van der Waals surface area contributed by atoms with Crippen LogP contribution in [-0.2, 0) is 4.74 Å². The second-order valence-electron chi connectivity index (χ2n) is 7.91. The van der Waals surface area contributed by atoms with Crippen LogP contribution in [-0.4, -0.2) is 23.9 Å². The number of rotatable bonds is 5. The lowest BCUT2D eigenvalue weighted by Gasteiger charge is -2.17. The Hall–Kier alpha value is -3.17. The molecule has 0 spiro atoms. The zero-order chi connectivity index (χ0) is 20.7. The van der Waals surface area contributed by atoms with E-state index in [4.69, 9.17) is 9.47 Å². The van der Waals surface area contributed by atoms with Crippen LogP contribution in [0.1, 0.15) is 37.4 Å². The highest BCUT2D eigenvalue weighted by Gasteiger charge is 2.30. The number of pyridine rings is 1. The maximum Gasteiger partial charge on any atom is 0.259 e. The molecule has 30 heavy (non-hydrogen) atoms. The van der Waals surface area contributed by atoms with Crippen LogP contribution in [0.4, 0.5) is 4.39 Å². The number of benzene rings is 2. The third-order valence-electron chi connectivity index (χ3n) is 5.78. The van der Waals surface area contributed by atoms with Gasteiger partial charge in [0.1, 0.15) is 29.9 Å². The van der Waals surface area contributed by atoms with Crippen LogP contribution in [0.25, 0.3) is 21.9 Å². The molecule has 5 rings (SSSR count). The van der Waals surface area contributed by atoms with E-state index in [0.717, 1.165) is 32.3 Å². The number of nitrogens with zero attached hydrogens (tertiary/aromatic N) is 2. The number of ether oxygens (including phenoxy) is 2. The molecule has 2 aromatic carbocycles. The van der Waals surface area contributed by atoms with Crippen LogP contribution in [0.5, 0.6) is 5.75 Å². The third kappa shape index (κ3) is 3.35. The monoisotopic (exact) mass is 404 g/mol. The standard InChI is InChI=1S/C24H21FN2O3/c25-16-4-1-3-15(11-16)23-21-12-18(30-14-19-5-2-10-29-19)8-9-20(21)24(28)27(17-6-7-17)22(23)13-26/h1,3-4,8-9,11-12,17,19H,2,5-7,10,14H2.